The molecule has 0 aliphatic rings. The van der Waals surface area contributed by atoms with E-state index in [-0.39, 0.29) is 42.9 Å². The first-order chi connectivity index (χ1) is 46.9. The molecule has 0 saturated heterocycles. The van der Waals surface area contributed by atoms with Crippen LogP contribution in [-0.4, -0.2) is 58.0 Å². The van der Waals surface area contributed by atoms with E-state index in [4.69, 9.17) is 4.74 Å². The summed E-state index contributed by atoms with van der Waals surface area (Å²) in [5.41, 5.74) is 15.8. The van der Waals surface area contributed by atoms with E-state index < -0.39 is 9.84 Å². The molecule has 0 bridgehead atoms. The lowest BCUT2D eigenvalue weighted by atomic mass is 10.0. The largest absolute Gasteiger partial charge is 0.457 e. The maximum Gasteiger partial charge on any atom is 0.206 e. The summed E-state index contributed by atoms with van der Waals surface area (Å²) in [6, 6.07) is 80.3. The minimum atomic E-state index is -3.39. The summed E-state index contributed by atoms with van der Waals surface area (Å²) in [6.45, 7) is 23.1. The third-order valence-corrected chi connectivity index (χ3v) is 23.5. The highest BCUT2D eigenvalue weighted by atomic mass is 32.2. The lowest BCUT2D eigenvalue weighted by molar-refractivity contribution is 0.103. The number of benzene rings is 11. The van der Waals surface area contributed by atoms with Gasteiger partial charge in [-0.15, -0.1) is 82.3 Å². The molecule has 0 unspecified atom stereocenters. The zero-order chi connectivity index (χ0) is 71.7. The molecule has 0 spiro atoms. The molecule has 0 amide bonds. The van der Waals surface area contributed by atoms with Gasteiger partial charge in [0, 0.05) is 55.2 Å². The van der Waals surface area contributed by atoms with Crippen molar-refractivity contribution in [1.29, 1.82) is 0 Å². The molecule has 0 atom stereocenters. The molecule has 4 nitrogen and oxygen atoms in total. The second kappa shape index (κ2) is 51.0. The Balaban J connectivity index is 0.00000118. The van der Waals surface area contributed by atoms with Crippen molar-refractivity contribution >= 4 is 110 Å². The Morgan fingerprint density at radius 3 is 1.03 bits per heavy atom. The molecule has 0 aliphatic carbocycles. The fraction of sp³-hybridized carbons (Fsp3) is 0.256. The van der Waals surface area contributed by atoms with Crippen molar-refractivity contribution in [2.75, 3.05) is 43.8 Å². The van der Waals surface area contributed by atoms with Crippen LogP contribution in [0.4, 0.5) is 0 Å². The summed E-state index contributed by atoms with van der Waals surface area (Å²) in [5.74, 6) is 1.84. The van der Waals surface area contributed by atoms with Crippen LogP contribution >= 0.6 is 94.1 Å². The van der Waals surface area contributed by atoms with Crippen LogP contribution in [0.3, 0.4) is 0 Å². The zero-order valence-electron chi connectivity index (χ0n) is 59.9. The first kappa shape index (κ1) is 96.6. The normalized spacial score (nSPS) is 9.88. The van der Waals surface area contributed by atoms with Gasteiger partial charge in [-0.05, 0) is 293 Å². The molecule has 11 rings (SSSR count). The molecule has 13 heteroatoms. The summed E-state index contributed by atoms with van der Waals surface area (Å²) < 4.78 is 30.4. The molecule has 552 valence electrons. The lowest BCUT2D eigenvalue weighted by Gasteiger charge is -2.08. The average Bonchev–Trinajstić information content (AvgIpc) is 0.806. The fourth-order valence-electron chi connectivity index (χ4n) is 9.13. The molecule has 11 aromatic carbocycles. The molecule has 11 aromatic rings. The number of thioether (sulfide) groups is 7. The van der Waals surface area contributed by atoms with E-state index in [1.54, 1.807) is 94.8 Å². The maximum atomic E-state index is 12.3. The predicted octanol–water partition coefficient (Wildman–Crippen LogP) is 29.4. The Morgan fingerprint density at radius 2 is 0.602 bits per heavy atom. The number of aryl methyl sites for hydroxylation is 11. The van der Waals surface area contributed by atoms with Crippen molar-refractivity contribution < 1.29 is 17.9 Å². The van der Waals surface area contributed by atoms with Crippen LogP contribution in [0.2, 0.25) is 0 Å². The number of carbonyl (C=O) groups is 1. The molecule has 0 fully saturated rings. The highest BCUT2D eigenvalue weighted by molar-refractivity contribution is 8.02. The molecule has 103 heavy (non-hydrogen) atoms. The Hall–Kier alpha value is -6.36. The molecule has 0 N–H and O–H groups in total. The van der Waals surface area contributed by atoms with Crippen LogP contribution in [0.25, 0.3) is 0 Å². The van der Waals surface area contributed by atoms with Crippen molar-refractivity contribution in [1.82, 2.24) is 0 Å². The number of ketones is 1. The van der Waals surface area contributed by atoms with Crippen molar-refractivity contribution in [3.05, 3.63) is 315 Å². The maximum absolute atomic E-state index is 12.3. The fourth-order valence-corrected chi connectivity index (χ4v) is 15.2. The van der Waals surface area contributed by atoms with Crippen LogP contribution in [0, 0.1) is 76.2 Å². The van der Waals surface area contributed by atoms with E-state index in [1.807, 2.05) is 159 Å². The molecular weight excluding hydrogens is 1430 g/mol. The second-order valence-electron chi connectivity index (χ2n) is 23.0. The topological polar surface area (TPSA) is 60.4 Å². The summed E-state index contributed by atoms with van der Waals surface area (Å²) in [7, 11) is -3.39. The first-order valence-electron chi connectivity index (χ1n) is 31.8. The standard InChI is InChI=1S/C15H14OS.C15H16S2.C14H14O2S2.C14H14OS.C10H14S.C9H12S.C8H10S.5CH4/c1-11-3-5-12(6-4-11)15(16)13-7-9-14(17-2)10-8-13;1-11-4-7-13(8-5-11)17-15-10-12(2)6-9-14(15)16-3;1-11-3-7-13(8-4-11)18(15,16)14-9-5-12(17-2)6-10-14;1-11-3-5-12(6-4-11)15-13-7-9-14(16-2)10-8-13;1-7-5-9(3)10(11-4)6-8(7)2;1-7-4-5-9(10-3)8(2)6-7;1-7-4-3-5-8(6-7)9-2;;;;;/h3-10H,1-2H3;4-10H,1-3H3;3-10H,1-2H3;3-10H,1-2H3;5-6H,1-4H3;4-6H,1-3H3;3-6H,1-2H3;5*1H4. The summed E-state index contributed by atoms with van der Waals surface area (Å²) in [4.78, 5) is 24.4. The number of hydrogen-bond acceptors (Lipinski definition) is 12. The van der Waals surface area contributed by atoms with Crippen LogP contribution in [0.1, 0.15) is 114 Å². The van der Waals surface area contributed by atoms with Gasteiger partial charge in [0.15, 0.2) is 5.78 Å². The third-order valence-electron chi connectivity index (χ3n) is 15.0. The second-order valence-corrected chi connectivity index (χ2v) is 32.1. The van der Waals surface area contributed by atoms with E-state index >= 15 is 0 Å². The van der Waals surface area contributed by atoms with Gasteiger partial charge in [0.2, 0.25) is 9.84 Å². The Bertz CT molecular complexity index is 4310. The summed E-state index contributed by atoms with van der Waals surface area (Å²) in [6.07, 6.45) is 14.5. The molecule has 0 aromatic heterocycles. The van der Waals surface area contributed by atoms with Crippen molar-refractivity contribution in [3.63, 3.8) is 0 Å². The predicted molar refractivity (Wildman–Crippen MR) is 472 cm³/mol. The van der Waals surface area contributed by atoms with E-state index in [1.165, 1.54) is 94.8 Å². The van der Waals surface area contributed by atoms with E-state index in [9.17, 15) is 13.2 Å². The molecule has 0 saturated carbocycles. The number of sulfone groups is 1. The molecular formula is C90H114O4S9. The average molecular weight is 1550 g/mol. The Kier molecular flexibility index (Phi) is 47.8. The summed E-state index contributed by atoms with van der Waals surface area (Å²) >= 11 is 14.0. The van der Waals surface area contributed by atoms with Gasteiger partial charge in [0.1, 0.15) is 11.5 Å². The van der Waals surface area contributed by atoms with E-state index in [0.29, 0.717) is 9.79 Å². The van der Waals surface area contributed by atoms with Gasteiger partial charge in [-0.2, -0.15) is 0 Å². The Labute approximate surface area is 659 Å². The van der Waals surface area contributed by atoms with E-state index in [2.05, 4.69) is 203 Å². The van der Waals surface area contributed by atoms with Crippen LogP contribution in [0.15, 0.2) is 297 Å². The lowest BCUT2D eigenvalue weighted by Crippen LogP contribution is -2.01. The van der Waals surface area contributed by atoms with Crippen LogP contribution in [0.5, 0.6) is 11.5 Å². The Morgan fingerprint density at radius 1 is 0.272 bits per heavy atom. The van der Waals surface area contributed by atoms with Crippen LogP contribution in [-0.2, 0) is 9.84 Å². The highest BCUT2D eigenvalue weighted by Crippen LogP contribution is 2.36. The minimum absolute atomic E-state index is 0. The molecule has 0 heterocycles. The third kappa shape index (κ3) is 33.7. The van der Waals surface area contributed by atoms with Crippen molar-refractivity contribution in [2.45, 2.75) is 167 Å². The van der Waals surface area contributed by atoms with E-state index in [0.717, 1.165) is 33.1 Å². The monoisotopic (exact) mass is 1550 g/mol. The smallest absolute Gasteiger partial charge is 0.206 e. The van der Waals surface area contributed by atoms with Gasteiger partial charge in [-0.1, -0.05) is 179 Å². The number of carbonyl (C=O) groups excluding carboxylic acids is 1. The quantitative estimate of drug-likeness (QED) is 0.0726. The van der Waals surface area contributed by atoms with Gasteiger partial charge in [0.25, 0.3) is 0 Å². The number of rotatable bonds is 15. The van der Waals surface area contributed by atoms with Gasteiger partial charge < -0.3 is 4.74 Å². The van der Waals surface area contributed by atoms with Crippen LogP contribution < -0.4 is 4.74 Å². The minimum Gasteiger partial charge on any atom is -0.457 e. The van der Waals surface area contributed by atoms with Gasteiger partial charge in [-0.25, -0.2) is 8.42 Å². The SMILES string of the molecule is C.C.C.C.C.CSc1cc(C)c(C)cc1C.CSc1ccc(C(=O)c2ccc(C)cc2)cc1.CSc1ccc(C)cc1C.CSc1ccc(C)cc1Sc1ccc(C)cc1.CSc1ccc(Oc2ccc(C)cc2)cc1.CSc1ccc(S(=O)(=O)c2ccc(C)cc2)cc1.CSc1cccc(C)c1. The van der Waals surface area contributed by atoms with Gasteiger partial charge >= 0.3 is 0 Å². The highest BCUT2D eigenvalue weighted by Gasteiger charge is 2.17. The molecule has 0 aliphatic heterocycles. The first-order valence-corrected chi connectivity index (χ1v) is 42.6. The van der Waals surface area contributed by atoms with Gasteiger partial charge in [-0.3, -0.25) is 4.79 Å². The number of ether oxygens (including phenoxy) is 1. The van der Waals surface area contributed by atoms with Crippen molar-refractivity contribution in [2.24, 2.45) is 0 Å². The summed E-state index contributed by atoms with van der Waals surface area (Å²) in [5, 5.41) is 0. The van der Waals surface area contributed by atoms with Gasteiger partial charge in [0.05, 0.1) is 9.79 Å². The van der Waals surface area contributed by atoms with Crippen molar-refractivity contribution in [3.8, 4) is 11.5 Å². The molecule has 0 radical (unpaired) electrons. The number of hydrogen-bond donors (Lipinski definition) is 0. The zero-order valence-corrected chi connectivity index (χ0v) is 67.2.